The van der Waals surface area contributed by atoms with Crippen LogP contribution >= 0.6 is 11.3 Å². The minimum atomic E-state index is -5.06. The predicted octanol–water partition coefficient (Wildman–Crippen LogP) is 2.41. The number of nitrogens with zero attached hydrogens (tertiary/aromatic N) is 3. The second-order valence-electron chi connectivity index (χ2n) is 5.89. The van der Waals surface area contributed by atoms with Crippen LogP contribution in [0, 0.1) is 5.92 Å². The van der Waals surface area contributed by atoms with Gasteiger partial charge in [-0.2, -0.15) is 23.3 Å². The van der Waals surface area contributed by atoms with Gasteiger partial charge in [0.1, 0.15) is 12.4 Å². The van der Waals surface area contributed by atoms with Crippen LogP contribution in [0.4, 0.5) is 18.3 Å². The number of carbonyl (C=O) groups excluding carboxylic acids is 1. The average molecular weight is 399 g/mol. The Hall–Kier alpha value is -2.66. The lowest BCUT2D eigenvalue weighted by Crippen LogP contribution is -2.61. The van der Waals surface area contributed by atoms with Gasteiger partial charge in [-0.15, -0.1) is 11.3 Å². The summed E-state index contributed by atoms with van der Waals surface area (Å²) in [6, 6.07) is 6.51. The van der Waals surface area contributed by atoms with Crippen molar-refractivity contribution < 1.29 is 32.5 Å². The predicted molar refractivity (Wildman–Crippen MR) is 88.9 cm³/mol. The third kappa shape index (κ3) is 2.49. The van der Waals surface area contributed by atoms with Gasteiger partial charge in [-0.3, -0.25) is 0 Å². The summed E-state index contributed by atoms with van der Waals surface area (Å²) in [6.45, 7) is -0.405. The Labute approximate surface area is 154 Å². The lowest BCUT2D eigenvalue weighted by molar-refractivity contribution is -0.270. The zero-order valence-electron chi connectivity index (χ0n) is 13.7. The van der Waals surface area contributed by atoms with E-state index in [0.717, 1.165) is 18.4 Å². The standard InChI is InChI=1S/C16H12F3N3O4S/c1-25-13(23)10-7-27-14(20-10)22-15(24,16(17,18)19)9-6-26-11-5-3-2-4-8(11)12(9)21-22/h2-5,7,9,24H,6H2,1H3/t9-,15+/m1/s1. The second-order valence-corrected chi connectivity index (χ2v) is 6.72. The monoisotopic (exact) mass is 399 g/mol. The Kier molecular flexibility index (Phi) is 3.89. The van der Waals surface area contributed by atoms with E-state index in [1.807, 2.05) is 0 Å². The van der Waals surface area contributed by atoms with Crippen LogP contribution < -0.4 is 9.75 Å². The minimum Gasteiger partial charge on any atom is -0.492 e. The van der Waals surface area contributed by atoms with E-state index in [1.54, 1.807) is 24.3 Å². The van der Waals surface area contributed by atoms with E-state index in [0.29, 0.717) is 16.3 Å². The summed E-state index contributed by atoms with van der Waals surface area (Å²) in [5.41, 5.74) is -3.12. The van der Waals surface area contributed by atoms with E-state index in [2.05, 4.69) is 14.8 Å². The fourth-order valence-electron chi connectivity index (χ4n) is 3.07. The molecule has 27 heavy (non-hydrogen) atoms. The third-order valence-corrected chi connectivity index (χ3v) is 5.22. The number of rotatable bonds is 2. The molecule has 2 aliphatic rings. The van der Waals surface area contributed by atoms with Crippen LogP contribution in [0.2, 0.25) is 0 Å². The van der Waals surface area contributed by atoms with E-state index in [4.69, 9.17) is 4.74 Å². The van der Waals surface area contributed by atoms with Crippen molar-refractivity contribution in [1.29, 1.82) is 0 Å². The Morgan fingerprint density at radius 1 is 1.44 bits per heavy atom. The first-order chi connectivity index (χ1) is 12.8. The van der Waals surface area contributed by atoms with Crippen LogP contribution in [0.1, 0.15) is 16.1 Å². The lowest BCUT2D eigenvalue weighted by Gasteiger charge is -2.38. The van der Waals surface area contributed by atoms with Gasteiger partial charge in [0, 0.05) is 10.9 Å². The largest absolute Gasteiger partial charge is 0.492 e. The maximum Gasteiger partial charge on any atom is 0.439 e. The number of fused-ring (bicyclic) bond motifs is 3. The first-order valence-corrected chi connectivity index (χ1v) is 8.59. The number of hydrogen-bond acceptors (Lipinski definition) is 8. The fraction of sp³-hybridized carbons (Fsp3) is 0.312. The van der Waals surface area contributed by atoms with Gasteiger partial charge in [0.2, 0.25) is 5.13 Å². The van der Waals surface area contributed by atoms with E-state index in [1.165, 1.54) is 5.38 Å². The maximum atomic E-state index is 13.9. The number of ether oxygens (including phenoxy) is 2. The molecule has 7 nitrogen and oxygen atoms in total. The molecule has 1 aromatic heterocycles. The smallest absolute Gasteiger partial charge is 0.439 e. The Bertz CT molecular complexity index is 945. The van der Waals surface area contributed by atoms with E-state index < -0.39 is 30.4 Å². The quantitative estimate of drug-likeness (QED) is 0.781. The van der Waals surface area contributed by atoms with Crippen molar-refractivity contribution >= 4 is 28.1 Å². The van der Waals surface area contributed by atoms with E-state index in [-0.39, 0.29) is 16.5 Å². The van der Waals surface area contributed by atoms with E-state index >= 15 is 0 Å². The van der Waals surface area contributed by atoms with Gasteiger partial charge in [0.05, 0.1) is 18.7 Å². The molecule has 0 fully saturated rings. The molecule has 2 aromatic rings. The van der Waals surface area contributed by atoms with Crippen molar-refractivity contribution in [2.45, 2.75) is 11.9 Å². The first kappa shape index (κ1) is 17.7. The number of esters is 1. The SMILES string of the molecule is COC(=O)c1csc(N2N=C3c4ccccc4OC[C@H]3[C@]2(O)C(F)(F)F)n1. The Balaban J connectivity index is 1.85. The summed E-state index contributed by atoms with van der Waals surface area (Å²) in [5, 5.41) is 16.1. The number of thiazole rings is 1. The molecule has 0 bridgehead atoms. The highest BCUT2D eigenvalue weighted by atomic mass is 32.1. The van der Waals surface area contributed by atoms with Crippen LogP contribution in [0.25, 0.3) is 0 Å². The molecule has 0 saturated carbocycles. The Morgan fingerprint density at radius 3 is 2.89 bits per heavy atom. The zero-order valence-corrected chi connectivity index (χ0v) is 14.5. The molecule has 0 amide bonds. The summed E-state index contributed by atoms with van der Waals surface area (Å²) in [4.78, 5) is 15.4. The van der Waals surface area contributed by atoms with Crippen molar-refractivity contribution in [3.05, 3.63) is 40.9 Å². The number of alkyl halides is 3. The van der Waals surface area contributed by atoms with Gasteiger partial charge >= 0.3 is 12.1 Å². The van der Waals surface area contributed by atoms with Crippen LogP contribution in [0.15, 0.2) is 34.7 Å². The van der Waals surface area contributed by atoms with Gasteiger partial charge < -0.3 is 14.6 Å². The number of para-hydroxylation sites is 1. The van der Waals surface area contributed by atoms with Crippen LogP contribution in [-0.2, 0) is 4.74 Å². The van der Waals surface area contributed by atoms with Crippen molar-refractivity contribution in [2.75, 3.05) is 18.7 Å². The fourth-order valence-corrected chi connectivity index (χ4v) is 3.87. The highest BCUT2D eigenvalue weighted by Gasteiger charge is 2.69. The number of halogens is 3. The molecule has 1 N–H and O–H groups in total. The lowest BCUT2D eigenvalue weighted by atomic mass is 9.86. The topological polar surface area (TPSA) is 84.2 Å². The number of benzene rings is 1. The molecule has 0 saturated heterocycles. The molecule has 0 aliphatic carbocycles. The second kappa shape index (κ2) is 5.92. The number of hydrazone groups is 1. The summed E-state index contributed by atoms with van der Waals surface area (Å²) in [5.74, 6) is -1.89. The highest BCUT2D eigenvalue weighted by Crippen LogP contribution is 2.49. The molecule has 1 aromatic carbocycles. The molecule has 142 valence electrons. The number of aromatic nitrogens is 1. The average Bonchev–Trinajstić information content (AvgIpc) is 3.24. The van der Waals surface area contributed by atoms with Gasteiger partial charge in [0.25, 0.3) is 5.72 Å². The molecule has 0 unspecified atom stereocenters. The normalized spacial score (nSPS) is 24.0. The van der Waals surface area contributed by atoms with Gasteiger partial charge in [0.15, 0.2) is 5.69 Å². The molecule has 3 heterocycles. The van der Waals surface area contributed by atoms with Crippen molar-refractivity contribution in [2.24, 2.45) is 11.0 Å². The molecule has 0 radical (unpaired) electrons. The number of methoxy groups -OCH3 is 1. The summed E-state index contributed by atoms with van der Waals surface area (Å²) in [7, 11) is 1.13. The number of hydrogen-bond donors (Lipinski definition) is 1. The number of carbonyl (C=O) groups is 1. The molecule has 2 atom stereocenters. The van der Waals surface area contributed by atoms with Crippen LogP contribution in [0.3, 0.4) is 0 Å². The molecular formula is C16H12F3N3O4S. The number of anilines is 1. The highest BCUT2D eigenvalue weighted by molar-refractivity contribution is 7.14. The van der Waals surface area contributed by atoms with E-state index in [9.17, 15) is 23.1 Å². The summed E-state index contributed by atoms with van der Waals surface area (Å²) >= 11 is 0.742. The molecule has 4 rings (SSSR count). The maximum absolute atomic E-state index is 13.9. The van der Waals surface area contributed by atoms with Gasteiger partial charge in [-0.25, -0.2) is 9.78 Å². The van der Waals surface area contributed by atoms with Crippen LogP contribution in [-0.4, -0.2) is 47.4 Å². The first-order valence-electron chi connectivity index (χ1n) is 7.71. The number of aliphatic hydroxyl groups is 1. The molecular weight excluding hydrogens is 387 g/mol. The third-order valence-electron chi connectivity index (χ3n) is 4.40. The zero-order chi connectivity index (χ0) is 19.4. The molecule has 11 heteroatoms. The summed E-state index contributed by atoms with van der Waals surface area (Å²) < 4.78 is 51.7. The minimum absolute atomic E-state index is 0.0477. The van der Waals surface area contributed by atoms with Gasteiger partial charge in [-0.1, -0.05) is 12.1 Å². The molecule has 0 spiro atoms. The Morgan fingerprint density at radius 2 is 2.19 bits per heavy atom. The van der Waals surface area contributed by atoms with Gasteiger partial charge in [-0.05, 0) is 12.1 Å². The van der Waals surface area contributed by atoms with Crippen molar-refractivity contribution in [3.8, 4) is 5.75 Å². The summed E-state index contributed by atoms with van der Waals surface area (Å²) in [6.07, 6.45) is -5.06. The van der Waals surface area contributed by atoms with Crippen molar-refractivity contribution in [1.82, 2.24) is 4.98 Å². The molecule has 2 aliphatic heterocycles. The van der Waals surface area contributed by atoms with Crippen molar-refractivity contribution in [3.63, 3.8) is 0 Å². The van der Waals surface area contributed by atoms with Crippen LogP contribution in [0.5, 0.6) is 5.75 Å².